The van der Waals surface area contributed by atoms with Gasteiger partial charge in [0.25, 0.3) is 11.5 Å². The summed E-state index contributed by atoms with van der Waals surface area (Å²) in [6.45, 7) is 7.14. The van der Waals surface area contributed by atoms with Crippen LogP contribution in [0.1, 0.15) is 69.9 Å². The highest BCUT2D eigenvalue weighted by molar-refractivity contribution is 7.14. The number of morpholine rings is 1. The van der Waals surface area contributed by atoms with Gasteiger partial charge in [0, 0.05) is 54.7 Å². The lowest BCUT2D eigenvalue weighted by Gasteiger charge is -2.33. The molecule has 2 aromatic heterocycles. The van der Waals surface area contributed by atoms with Gasteiger partial charge in [-0.05, 0) is 80.0 Å². The maximum absolute atomic E-state index is 13.3. The Kier molecular flexibility index (Phi) is 10.7. The molecule has 2 amide bonds. The molecule has 0 saturated carbocycles. The second-order valence-corrected chi connectivity index (χ2v) is 13.7. The molecule has 1 aliphatic heterocycles. The fraction of sp³-hybridized carbons (Fsp3) is 0.405. The van der Waals surface area contributed by atoms with Gasteiger partial charge in [-0.3, -0.25) is 19.3 Å². The SMILES string of the molecule is CCCNC(=O)C(c1ccc(Nc2nc(-c3cccc(NC(=O)c4cc5c(s4)CCCCC5)c3C)cn(C)c2=O)cc1)N1CCOCC1. The van der Waals surface area contributed by atoms with Gasteiger partial charge in [-0.1, -0.05) is 37.6 Å². The van der Waals surface area contributed by atoms with E-state index in [1.54, 1.807) is 24.6 Å². The smallest absolute Gasteiger partial charge is 0.293 e. The number of aromatic nitrogens is 2. The Hall–Kier alpha value is -4.32. The van der Waals surface area contributed by atoms with Crippen LogP contribution in [0.15, 0.2) is 59.5 Å². The van der Waals surface area contributed by atoms with E-state index in [4.69, 9.17) is 9.72 Å². The van der Waals surface area contributed by atoms with Gasteiger partial charge < -0.3 is 25.3 Å². The summed E-state index contributed by atoms with van der Waals surface area (Å²) in [6.07, 6.45) is 8.26. The summed E-state index contributed by atoms with van der Waals surface area (Å²) in [5.74, 6) is 0.0507. The molecule has 1 unspecified atom stereocenters. The lowest BCUT2D eigenvalue weighted by atomic mass is 10.0. The maximum Gasteiger partial charge on any atom is 0.293 e. The minimum atomic E-state index is -0.422. The molecule has 2 aromatic carbocycles. The molecule has 2 aliphatic rings. The number of nitrogens with one attached hydrogen (secondary N) is 3. The maximum atomic E-state index is 13.3. The van der Waals surface area contributed by atoms with E-state index in [1.165, 1.54) is 34.3 Å². The van der Waals surface area contributed by atoms with Crippen LogP contribution in [0.25, 0.3) is 11.3 Å². The zero-order valence-electron chi connectivity index (χ0n) is 27.9. The van der Waals surface area contributed by atoms with Crippen molar-refractivity contribution in [1.29, 1.82) is 0 Å². The van der Waals surface area contributed by atoms with Crippen LogP contribution in [0.4, 0.5) is 17.2 Å². The third kappa shape index (κ3) is 7.53. The predicted octanol–water partition coefficient (Wildman–Crippen LogP) is 5.98. The number of rotatable bonds is 10. The molecule has 1 fully saturated rings. The van der Waals surface area contributed by atoms with E-state index < -0.39 is 6.04 Å². The van der Waals surface area contributed by atoms with Crippen LogP contribution < -0.4 is 21.5 Å². The van der Waals surface area contributed by atoms with Crippen LogP contribution in [-0.4, -0.2) is 59.1 Å². The van der Waals surface area contributed by atoms with E-state index in [0.29, 0.717) is 49.9 Å². The lowest BCUT2D eigenvalue weighted by Crippen LogP contribution is -2.45. The summed E-state index contributed by atoms with van der Waals surface area (Å²) >= 11 is 1.60. The molecule has 1 atom stereocenters. The largest absolute Gasteiger partial charge is 0.379 e. The summed E-state index contributed by atoms with van der Waals surface area (Å²) in [4.78, 5) is 48.7. The molecule has 6 rings (SSSR count). The molecule has 0 spiro atoms. The molecule has 48 heavy (non-hydrogen) atoms. The molecule has 3 N–H and O–H groups in total. The van der Waals surface area contributed by atoms with Crippen LogP contribution in [0.3, 0.4) is 0 Å². The van der Waals surface area contributed by atoms with Gasteiger partial charge in [-0.25, -0.2) is 4.98 Å². The van der Waals surface area contributed by atoms with Gasteiger partial charge in [-0.2, -0.15) is 0 Å². The van der Waals surface area contributed by atoms with Crippen LogP contribution in [0, 0.1) is 6.92 Å². The van der Waals surface area contributed by atoms with Gasteiger partial charge in [0.05, 0.1) is 23.8 Å². The molecular weight excluding hydrogens is 625 g/mol. The molecule has 4 aromatic rings. The normalized spacial score (nSPS) is 15.6. The van der Waals surface area contributed by atoms with Gasteiger partial charge in [0.2, 0.25) is 5.91 Å². The number of benzene rings is 2. The van der Waals surface area contributed by atoms with Gasteiger partial charge in [0.15, 0.2) is 5.82 Å². The summed E-state index contributed by atoms with van der Waals surface area (Å²) in [7, 11) is 1.70. The number of nitrogens with zero attached hydrogens (tertiary/aromatic N) is 3. The topological polar surface area (TPSA) is 118 Å². The highest BCUT2D eigenvalue weighted by Gasteiger charge is 2.29. The zero-order chi connectivity index (χ0) is 33.6. The Labute approximate surface area is 285 Å². The number of ether oxygens (including phenoxy) is 1. The Morgan fingerprint density at radius 1 is 1.04 bits per heavy atom. The number of aryl methyl sites for hydroxylation is 3. The first-order valence-corrected chi connectivity index (χ1v) is 17.7. The fourth-order valence-electron chi connectivity index (χ4n) is 6.42. The van der Waals surface area contributed by atoms with Crippen molar-refractivity contribution in [3.63, 3.8) is 0 Å². The molecule has 0 radical (unpaired) electrons. The van der Waals surface area contributed by atoms with Crippen LogP contribution in [0.2, 0.25) is 0 Å². The van der Waals surface area contributed by atoms with Gasteiger partial charge >= 0.3 is 0 Å². The number of thiophene rings is 1. The van der Waals surface area contributed by atoms with E-state index in [-0.39, 0.29) is 23.2 Å². The van der Waals surface area contributed by atoms with Crippen molar-refractivity contribution in [1.82, 2.24) is 19.8 Å². The first-order valence-electron chi connectivity index (χ1n) is 16.9. The molecule has 1 aliphatic carbocycles. The molecule has 11 heteroatoms. The molecule has 3 heterocycles. The van der Waals surface area contributed by atoms with E-state index in [0.717, 1.165) is 40.8 Å². The Morgan fingerprint density at radius 2 is 1.81 bits per heavy atom. The minimum absolute atomic E-state index is 0.0265. The second kappa shape index (κ2) is 15.3. The second-order valence-electron chi connectivity index (χ2n) is 12.5. The Morgan fingerprint density at radius 3 is 2.58 bits per heavy atom. The number of anilines is 3. The Balaban J connectivity index is 1.21. The average molecular weight is 669 g/mol. The van der Waals surface area contributed by atoms with E-state index in [2.05, 4.69) is 26.9 Å². The van der Waals surface area contributed by atoms with Crippen LogP contribution >= 0.6 is 11.3 Å². The van der Waals surface area contributed by atoms with E-state index >= 15 is 0 Å². The minimum Gasteiger partial charge on any atom is -0.379 e. The molecule has 0 bridgehead atoms. The highest BCUT2D eigenvalue weighted by atomic mass is 32.1. The number of carbonyl (C=O) groups is 2. The molecule has 252 valence electrons. The third-order valence-corrected chi connectivity index (χ3v) is 10.3. The number of hydrogen-bond acceptors (Lipinski definition) is 8. The van der Waals surface area contributed by atoms with Crippen molar-refractivity contribution in [2.45, 2.75) is 58.4 Å². The van der Waals surface area contributed by atoms with Crippen molar-refractivity contribution < 1.29 is 14.3 Å². The first-order chi connectivity index (χ1) is 23.3. The first kappa shape index (κ1) is 33.6. The average Bonchev–Trinajstić information content (AvgIpc) is 3.38. The number of amides is 2. The lowest BCUT2D eigenvalue weighted by molar-refractivity contribution is -0.128. The predicted molar refractivity (Wildman–Crippen MR) is 191 cm³/mol. The Bertz CT molecular complexity index is 1800. The molecule has 1 saturated heterocycles. The van der Waals surface area contributed by atoms with Crippen molar-refractivity contribution in [2.24, 2.45) is 7.05 Å². The standard InChI is InChI=1S/C37H44N6O4S/c1-4-17-38-36(45)33(43-18-20-47-21-19-43)25-13-15-27(16-14-25)39-34-37(46)42(3)23-30(40-34)28-10-8-11-29(24(28)2)41-35(44)32-22-26-9-6-5-7-12-31(26)48-32/h8,10-11,13-16,22-23,33H,4-7,9,12,17-21H2,1-3H3,(H,38,45)(H,39,40)(H,41,44). The fourth-order valence-corrected chi connectivity index (χ4v) is 7.57. The zero-order valence-corrected chi connectivity index (χ0v) is 28.8. The van der Waals surface area contributed by atoms with Crippen molar-refractivity contribution in [3.05, 3.63) is 91.5 Å². The van der Waals surface area contributed by atoms with Crippen molar-refractivity contribution >= 4 is 40.3 Å². The summed E-state index contributed by atoms with van der Waals surface area (Å²) < 4.78 is 7.03. The summed E-state index contributed by atoms with van der Waals surface area (Å²) in [5, 5.41) is 9.36. The number of fused-ring (bicyclic) bond motifs is 1. The molecule has 10 nitrogen and oxygen atoms in total. The van der Waals surface area contributed by atoms with E-state index in [1.807, 2.05) is 56.3 Å². The van der Waals surface area contributed by atoms with Crippen molar-refractivity contribution in [3.8, 4) is 11.3 Å². The third-order valence-electron chi connectivity index (χ3n) is 9.10. The number of hydrogen-bond donors (Lipinski definition) is 3. The van der Waals surface area contributed by atoms with Crippen LogP contribution in [0.5, 0.6) is 0 Å². The summed E-state index contributed by atoms with van der Waals surface area (Å²) in [6, 6.07) is 14.9. The van der Waals surface area contributed by atoms with Crippen molar-refractivity contribution in [2.75, 3.05) is 43.5 Å². The van der Waals surface area contributed by atoms with Crippen LogP contribution in [-0.2, 0) is 29.4 Å². The monoisotopic (exact) mass is 668 g/mol. The molecular formula is C37H44N6O4S. The van der Waals surface area contributed by atoms with E-state index in [9.17, 15) is 14.4 Å². The highest BCUT2D eigenvalue weighted by Crippen LogP contribution is 2.32. The van der Waals surface area contributed by atoms with Gasteiger partial charge in [-0.15, -0.1) is 11.3 Å². The summed E-state index contributed by atoms with van der Waals surface area (Å²) in [5.41, 5.74) is 5.59. The quantitative estimate of drug-likeness (QED) is 0.178. The van der Waals surface area contributed by atoms with Gasteiger partial charge in [0.1, 0.15) is 6.04 Å². The number of carbonyl (C=O) groups excluding carboxylic acids is 2.